The fourth-order valence-electron chi connectivity index (χ4n) is 2.97. The quantitative estimate of drug-likeness (QED) is 0.587. The maximum atomic E-state index is 13.8. The largest absolute Gasteiger partial charge is 0.352 e. The van der Waals surface area contributed by atoms with Gasteiger partial charge in [-0.1, -0.05) is 64.1 Å². The molecule has 0 fully saturated rings. The summed E-state index contributed by atoms with van der Waals surface area (Å²) < 4.78 is 13.8. The zero-order valence-electron chi connectivity index (χ0n) is 17.8. The molecule has 2 aromatic carbocycles. The number of nitrogens with two attached hydrogens (primary N) is 1. The summed E-state index contributed by atoms with van der Waals surface area (Å²) in [4.78, 5) is 25.0. The van der Waals surface area contributed by atoms with Gasteiger partial charge in [0.05, 0.1) is 5.56 Å². The van der Waals surface area contributed by atoms with Gasteiger partial charge in [0.25, 0.3) is 5.91 Å². The van der Waals surface area contributed by atoms with E-state index >= 15 is 0 Å². The number of carbonyl (C=O) groups is 2. The van der Waals surface area contributed by atoms with Crippen molar-refractivity contribution in [1.29, 1.82) is 0 Å². The van der Waals surface area contributed by atoms with Crippen LogP contribution in [0.5, 0.6) is 0 Å². The second-order valence-corrected chi connectivity index (χ2v) is 7.85. The Hall–Kier alpha value is -2.44. The maximum Gasteiger partial charge on any atom is 0.254 e. The van der Waals surface area contributed by atoms with Crippen LogP contribution in [-0.2, 0) is 4.79 Å². The lowest BCUT2D eigenvalue weighted by Gasteiger charge is -2.23. The second-order valence-electron chi connectivity index (χ2n) is 7.85. The van der Waals surface area contributed by atoms with Gasteiger partial charge in [0.1, 0.15) is 11.9 Å². The van der Waals surface area contributed by atoms with Crippen molar-refractivity contribution in [3.8, 4) is 0 Å². The summed E-state index contributed by atoms with van der Waals surface area (Å²) in [6, 6.07) is 12.5. The molecular formula is C23H31ClFN3O2. The molecule has 0 spiro atoms. The molecule has 0 aromatic heterocycles. The normalized spacial score (nSPS) is 12.8. The van der Waals surface area contributed by atoms with E-state index in [-0.39, 0.29) is 42.4 Å². The number of carbonyl (C=O) groups excluding carboxylic acids is 2. The van der Waals surface area contributed by atoms with Gasteiger partial charge in [0.15, 0.2) is 0 Å². The van der Waals surface area contributed by atoms with Crippen LogP contribution < -0.4 is 16.4 Å². The van der Waals surface area contributed by atoms with E-state index in [1.807, 2.05) is 38.1 Å². The Balaban J connectivity index is 0.00000450. The minimum absolute atomic E-state index is 0. The lowest BCUT2D eigenvalue weighted by Crippen LogP contribution is -2.50. The highest BCUT2D eigenvalue weighted by Gasteiger charge is 2.26. The van der Waals surface area contributed by atoms with Gasteiger partial charge in [0.2, 0.25) is 5.91 Å². The monoisotopic (exact) mass is 435 g/mol. The molecule has 2 amide bonds. The van der Waals surface area contributed by atoms with E-state index in [1.165, 1.54) is 23.8 Å². The third kappa shape index (κ3) is 6.82. The van der Waals surface area contributed by atoms with E-state index in [0.717, 1.165) is 5.56 Å². The number of nitrogens with one attached hydrogen (secondary N) is 2. The second kappa shape index (κ2) is 11.7. The van der Waals surface area contributed by atoms with E-state index in [9.17, 15) is 14.0 Å². The molecule has 0 bridgehead atoms. The number of hydrogen-bond acceptors (Lipinski definition) is 3. The number of hydrogen-bond donors (Lipinski definition) is 3. The van der Waals surface area contributed by atoms with Crippen LogP contribution in [0.2, 0.25) is 0 Å². The number of amides is 2. The molecule has 0 aliphatic heterocycles. The third-order valence-electron chi connectivity index (χ3n) is 4.88. The highest BCUT2D eigenvalue weighted by Crippen LogP contribution is 2.17. The van der Waals surface area contributed by atoms with Gasteiger partial charge in [-0.25, -0.2) is 4.39 Å². The molecule has 30 heavy (non-hydrogen) atoms. The SMILES string of the molecule is CC(C)c1ccc(C(N)CNC(=O)C(NC(=O)c2ccccc2F)C(C)C)cc1.Cl. The van der Waals surface area contributed by atoms with Crippen molar-refractivity contribution in [2.75, 3.05) is 6.54 Å². The van der Waals surface area contributed by atoms with E-state index in [2.05, 4.69) is 24.5 Å². The predicted octanol–water partition coefficient (Wildman–Crippen LogP) is 3.94. The van der Waals surface area contributed by atoms with E-state index in [4.69, 9.17) is 5.73 Å². The van der Waals surface area contributed by atoms with Crippen molar-refractivity contribution in [1.82, 2.24) is 10.6 Å². The van der Waals surface area contributed by atoms with Gasteiger partial charge in [-0.3, -0.25) is 9.59 Å². The summed E-state index contributed by atoms with van der Waals surface area (Å²) in [5, 5.41) is 5.42. The molecule has 5 nitrogen and oxygen atoms in total. The topological polar surface area (TPSA) is 84.2 Å². The van der Waals surface area contributed by atoms with Crippen molar-refractivity contribution >= 4 is 24.2 Å². The van der Waals surface area contributed by atoms with Gasteiger partial charge < -0.3 is 16.4 Å². The van der Waals surface area contributed by atoms with Crippen LogP contribution in [0.25, 0.3) is 0 Å². The van der Waals surface area contributed by atoms with Crippen LogP contribution in [0.15, 0.2) is 48.5 Å². The van der Waals surface area contributed by atoms with Crippen molar-refractivity contribution < 1.29 is 14.0 Å². The first kappa shape index (κ1) is 25.6. The molecule has 4 N–H and O–H groups in total. The molecule has 0 saturated heterocycles. The summed E-state index contributed by atoms with van der Waals surface area (Å²) in [5.41, 5.74) is 8.26. The lowest BCUT2D eigenvalue weighted by atomic mass is 9.99. The van der Waals surface area contributed by atoms with Crippen LogP contribution >= 0.6 is 12.4 Å². The molecule has 2 rings (SSSR count). The average Bonchev–Trinajstić information content (AvgIpc) is 2.69. The van der Waals surface area contributed by atoms with E-state index in [1.54, 1.807) is 6.07 Å². The van der Waals surface area contributed by atoms with Crippen LogP contribution in [0.3, 0.4) is 0 Å². The van der Waals surface area contributed by atoms with Crippen molar-refractivity contribution in [2.24, 2.45) is 11.7 Å². The summed E-state index contributed by atoms with van der Waals surface area (Å²) >= 11 is 0. The summed E-state index contributed by atoms with van der Waals surface area (Å²) in [6.45, 7) is 8.11. The minimum atomic E-state index is -0.794. The molecule has 0 aliphatic rings. The summed E-state index contributed by atoms with van der Waals surface area (Å²) in [5.74, 6) is -1.33. The van der Waals surface area contributed by atoms with Crippen molar-refractivity contribution in [3.05, 3.63) is 71.0 Å². The Bertz CT molecular complexity index is 841. The predicted molar refractivity (Wildman–Crippen MR) is 120 cm³/mol. The summed E-state index contributed by atoms with van der Waals surface area (Å²) in [7, 11) is 0. The Kier molecular flexibility index (Phi) is 9.96. The molecule has 0 aliphatic carbocycles. The van der Waals surface area contributed by atoms with Crippen LogP contribution in [-0.4, -0.2) is 24.4 Å². The van der Waals surface area contributed by atoms with Crippen molar-refractivity contribution in [2.45, 2.75) is 45.7 Å². The smallest absolute Gasteiger partial charge is 0.254 e. The van der Waals surface area contributed by atoms with Crippen LogP contribution in [0.1, 0.15) is 61.1 Å². The van der Waals surface area contributed by atoms with Gasteiger partial charge in [-0.15, -0.1) is 12.4 Å². The number of rotatable bonds is 8. The fraction of sp³-hybridized carbons (Fsp3) is 0.391. The van der Waals surface area contributed by atoms with Gasteiger partial charge >= 0.3 is 0 Å². The molecule has 2 atom stereocenters. The molecule has 164 valence electrons. The van der Waals surface area contributed by atoms with Crippen LogP contribution in [0, 0.1) is 11.7 Å². The third-order valence-corrected chi connectivity index (χ3v) is 4.88. The van der Waals surface area contributed by atoms with Gasteiger partial charge in [-0.2, -0.15) is 0 Å². The molecule has 2 unspecified atom stereocenters. The highest BCUT2D eigenvalue weighted by atomic mass is 35.5. The molecule has 0 radical (unpaired) electrons. The number of halogens is 2. The Morgan fingerprint density at radius 3 is 2.07 bits per heavy atom. The van der Waals surface area contributed by atoms with E-state index in [0.29, 0.717) is 5.92 Å². The molecule has 0 heterocycles. The van der Waals surface area contributed by atoms with E-state index < -0.39 is 17.8 Å². The molecular weight excluding hydrogens is 405 g/mol. The standard InChI is InChI=1S/C23H30FN3O2.ClH/c1-14(2)16-9-11-17(12-10-16)20(25)13-26-23(29)21(15(3)4)27-22(28)18-7-5-6-8-19(18)24;/h5-12,14-15,20-21H,13,25H2,1-4H3,(H,26,29)(H,27,28);1H. The zero-order valence-corrected chi connectivity index (χ0v) is 18.6. The zero-order chi connectivity index (χ0) is 21.6. The van der Waals surface area contributed by atoms with Gasteiger partial charge in [0, 0.05) is 12.6 Å². The Labute approximate surface area is 184 Å². The highest BCUT2D eigenvalue weighted by molar-refractivity contribution is 5.97. The minimum Gasteiger partial charge on any atom is -0.352 e. The first-order valence-electron chi connectivity index (χ1n) is 9.89. The van der Waals surface area contributed by atoms with Crippen molar-refractivity contribution in [3.63, 3.8) is 0 Å². The molecule has 2 aromatic rings. The number of benzene rings is 2. The molecule has 7 heteroatoms. The average molecular weight is 436 g/mol. The fourth-order valence-corrected chi connectivity index (χ4v) is 2.97. The first-order valence-corrected chi connectivity index (χ1v) is 9.89. The van der Waals surface area contributed by atoms with Crippen LogP contribution in [0.4, 0.5) is 4.39 Å². The Morgan fingerprint density at radius 1 is 0.967 bits per heavy atom. The maximum absolute atomic E-state index is 13.8. The van der Waals surface area contributed by atoms with Gasteiger partial charge in [-0.05, 0) is 35.1 Å². The Morgan fingerprint density at radius 2 is 1.53 bits per heavy atom. The first-order chi connectivity index (χ1) is 13.7. The summed E-state index contributed by atoms with van der Waals surface area (Å²) in [6.07, 6.45) is 0. The molecule has 0 saturated carbocycles. The lowest BCUT2D eigenvalue weighted by molar-refractivity contribution is -0.124.